The normalized spacial score (nSPS) is 13.7. The highest BCUT2D eigenvalue weighted by Crippen LogP contribution is 2.21. The van der Waals surface area contributed by atoms with Crippen molar-refractivity contribution in [3.8, 4) is 5.75 Å². The maximum atomic E-state index is 9.22. The molecule has 0 aliphatic carbocycles. The molecular formula is C9H14Br2N2O. The highest BCUT2D eigenvalue weighted by molar-refractivity contribution is 8.93. The quantitative estimate of drug-likeness (QED) is 0.640. The van der Waals surface area contributed by atoms with Gasteiger partial charge in [0.2, 0.25) is 0 Å². The van der Waals surface area contributed by atoms with Crippen LogP contribution in [-0.2, 0) is 6.54 Å². The number of hydrogen-bond donors (Lipinski definition) is 3. The third-order valence-electron chi connectivity index (χ3n) is 2.02. The number of halogens is 2. The van der Waals surface area contributed by atoms with Crippen LogP contribution in [0, 0.1) is 0 Å². The van der Waals surface area contributed by atoms with Gasteiger partial charge in [-0.05, 0) is 23.8 Å². The minimum Gasteiger partial charge on any atom is -0.508 e. The van der Waals surface area contributed by atoms with Crippen molar-refractivity contribution in [2.24, 2.45) is 0 Å². The molecule has 0 spiro atoms. The van der Waals surface area contributed by atoms with Crippen molar-refractivity contribution in [1.29, 1.82) is 0 Å². The molecule has 0 atom stereocenters. The number of phenolic OH excluding ortho intramolecular Hbond substituents is 1. The van der Waals surface area contributed by atoms with Crippen LogP contribution in [0.5, 0.6) is 5.75 Å². The summed E-state index contributed by atoms with van der Waals surface area (Å²) in [4.78, 5) is 0. The van der Waals surface area contributed by atoms with Crippen molar-refractivity contribution in [1.82, 2.24) is 5.32 Å². The van der Waals surface area contributed by atoms with Crippen LogP contribution >= 0.6 is 34.0 Å². The van der Waals surface area contributed by atoms with E-state index in [-0.39, 0.29) is 34.0 Å². The Labute approximate surface area is 104 Å². The van der Waals surface area contributed by atoms with E-state index in [1.807, 2.05) is 6.07 Å². The molecule has 1 aliphatic rings. The predicted octanol–water partition coefficient (Wildman–Crippen LogP) is 2.06. The topological polar surface area (TPSA) is 44.3 Å². The van der Waals surface area contributed by atoms with Gasteiger partial charge in [0.25, 0.3) is 0 Å². The molecule has 1 heterocycles. The van der Waals surface area contributed by atoms with E-state index < -0.39 is 0 Å². The monoisotopic (exact) mass is 324 g/mol. The predicted molar refractivity (Wildman–Crippen MR) is 68.9 cm³/mol. The van der Waals surface area contributed by atoms with E-state index in [9.17, 15) is 5.11 Å². The van der Waals surface area contributed by atoms with Gasteiger partial charge in [0.05, 0.1) is 0 Å². The average Bonchev–Trinajstić information content (AvgIpc) is 2.28. The van der Waals surface area contributed by atoms with Crippen molar-refractivity contribution in [3.05, 3.63) is 23.8 Å². The smallest absolute Gasteiger partial charge is 0.116 e. The summed E-state index contributed by atoms with van der Waals surface area (Å²) in [6.45, 7) is 2.74. The fraction of sp³-hybridized carbons (Fsp3) is 0.333. The molecule has 0 saturated heterocycles. The lowest BCUT2D eigenvalue weighted by molar-refractivity contribution is 0.474. The second-order valence-electron chi connectivity index (χ2n) is 2.95. The van der Waals surface area contributed by atoms with Gasteiger partial charge in [0.1, 0.15) is 5.75 Å². The van der Waals surface area contributed by atoms with Crippen LogP contribution in [0.4, 0.5) is 5.69 Å². The Morgan fingerprint density at radius 3 is 2.71 bits per heavy atom. The summed E-state index contributed by atoms with van der Waals surface area (Å²) in [7, 11) is 0. The number of hydrogen-bond acceptors (Lipinski definition) is 3. The van der Waals surface area contributed by atoms with E-state index in [4.69, 9.17) is 0 Å². The first-order valence-electron chi connectivity index (χ1n) is 4.13. The molecule has 0 fully saturated rings. The van der Waals surface area contributed by atoms with E-state index in [1.54, 1.807) is 12.1 Å². The molecular weight excluding hydrogens is 312 g/mol. The standard InChI is InChI=1S/C9H12N2O.2BrH/c12-8-1-2-9-7(5-8)6-10-3-4-11-9;;/h1-2,5,10-12H,3-4,6H2;2*1H. The summed E-state index contributed by atoms with van der Waals surface area (Å²) in [5.74, 6) is 0.333. The average molecular weight is 326 g/mol. The lowest BCUT2D eigenvalue weighted by Crippen LogP contribution is -2.16. The van der Waals surface area contributed by atoms with E-state index in [2.05, 4.69) is 10.6 Å². The van der Waals surface area contributed by atoms with Crippen molar-refractivity contribution in [2.45, 2.75) is 6.54 Å². The molecule has 2 rings (SSSR count). The van der Waals surface area contributed by atoms with Gasteiger partial charge in [0.15, 0.2) is 0 Å². The molecule has 0 saturated carbocycles. The van der Waals surface area contributed by atoms with Crippen LogP contribution in [0.2, 0.25) is 0 Å². The summed E-state index contributed by atoms with van der Waals surface area (Å²) in [5, 5.41) is 15.8. The third kappa shape index (κ3) is 3.15. The number of phenols is 1. The third-order valence-corrected chi connectivity index (χ3v) is 2.02. The molecule has 0 unspecified atom stereocenters. The summed E-state index contributed by atoms with van der Waals surface area (Å²) >= 11 is 0. The maximum absolute atomic E-state index is 9.22. The largest absolute Gasteiger partial charge is 0.508 e. The van der Waals surface area contributed by atoms with Crippen LogP contribution in [0.3, 0.4) is 0 Å². The first-order valence-corrected chi connectivity index (χ1v) is 4.13. The van der Waals surface area contributed by atoms with Crippen LogP contribution in [0.15, 0.2) is 18.2 Å². The van der Waals surface area contributed by atoms with Gasteiger partial charge in [0, 0.05) is 25.3 Å². The highest BCUT2D eigenvalue weighted by Gasteiger charge is 2.05. The Hall–Kier alpha value is -0.260. The van der Waals surface area contributed by atoms with Crippen molar-refractivity contribution in [3.63, 3.8) is 0 Å². The Morgan fingerprint density at radius 1 is 1.14 bits per heavy atom. The number of fused-ring (bicyclic) bond motifs is 1. The maximum Gasteiger partial charge on any atom is 0.116 e. The van der Waals surface area contributed by atoms with Gasteiger partial charge in [-0.2, -0.15) is 0 Å². The second kappa shape index (κ2) is 6.27. The fourth-order valence-electron chi connectivity index (χ4n) is 1.41. The lowest BCUT2D eigenvalue weighted by Gasteiger charge is -2.06. The van der Waals surface area contributed by atoms with Crippen molar-refractivity contribution < 1.29 is 5.11 Å². The first kappa shape index (κ1) is 13.7. The van der Waals surface area contributed by atoms with Crippen LogP contribution in [0.25, 0.3) is 0 Å². The van der Waals surface area contributed by atoms with Gasteiger partial charge in [-0.15, -0.1) is 34.0 Å². The molecule has 3 nitrogen and oxygen atoms in total. The van der Waals surface area contributed by atoms with E-state index in [0.29, 0.717) is 5.75 Å². The summed E-state index contributed by atoms with van der Waals surface area (Å²) in [5.41, 5.74) is 2.25. The Bertz CT molecular complexity index is 294. The minimum atomic E-state index is 0. The number of anilines is 1. The van der Waals surface area contributed by atoms with Crippen molar-refractivity contribution in [2.75, 3.05) is 18.4 Å². The minimum absolute atomic E-state index is 0. The second-order valence-corrected chi connectivity index (χ2v) is 2.95. The molecule has 1 aromatic carbocycles. The van der Waals surface area contributed by atoms with Gasteiger partial charge >= 0.3 is 0 Å². The zero-order chi connectivity index (χ0) is 8.39. The summed E-state index contributed by atoms with van der Waals surface area (Å²) < 4.78 is 0. The lowest BCUT2D eigenvalue weighted by atomic mass is 10.1. The SMILES string of the molecule is Br.Br.Oc1ccc2c(c1)CNCCN2. The Balaban J connectivity index is 0.000000845. The van der Waals surface area contributed by atoms with Crippen molar-refractivity contribution >= 4 is 39.7 Å². The number of rotatable bonds is 0. The summed E-state index contributed by atoms with van der Waals surface area (Å²) in [6, 6.07) is 5.41. The zero-order valence-electron chi connectivity index (χ0n) is 7.62. The van der Waals surface area contributed by atoms with Gasteiger partial charge in [-0.25, -0.2) is 0 Å². The molecule has 80 valence electrons. The zero-order valence-corrected chi connectivity index (χ0v) is 11.0. The van der Waals surface area contributed by atoms with Crippen LogP contribution in [-0.4, -0.2) is 18.2 Å². The number of benzene rings is 1. The highest BCUT2D eigenvalue weighted by atomic mass is 79.9. The number of aromatic hydroxyl groups is 1. The molecule has 5 heteroatoms. The molecule has 0 radical (unpaired) electrons. The Kier molecular flexibility index (Phi) is 6.15. The molecule has 0 aromatic heterocycles. The van der Waals surface area contributed by atoms with Gasteiger partial charge < -0.3 is 15.7 Å². The first-order chi connectivity index (χ1) is 5.86. The van der Waals surface area contributed by atoms with Gasteiger partial charge in [-0.1, -0.05) is 0 Å². The van der Waals surface area contributed by atoms with E-state index >= 15 is 0 Å². The van der Waals surface area contributed by atoms with E-state index in [1.165, 1.54) is 0 Å². The molecule has 0 bridgehead atoms. The van der Waals surface area contributed by atoms with Gasteiger partial charge in [-0.3, -0.25) is 0 Å². The number of nitrogens with one attached hydrogen (secondary N) is 2. The van der Waals surface area contributed by atoms with E-state index in [0.717, 1.165) is 30.9 Å². The summed E-state index contributed by atoms with van der Waals surface area (Å²) in [6.07, 6.45) is 0. The Morgan fingerprint density at radius 2 is 1.93 bits per heavy atom. The molecule has 0 amide bonds. The van der Waals surface area contributed by atoms with Crippen LogP contribution < -0.4 is 10.6 Å². The molecule has 1 aromatic rings. The molecule has 1 aliphatic heterocycles. The van der Waals surface area contributed by atoms with Crippen LogP contribution in [0.1, 0.15) is 5.56 Å². The fourth-order valence-corrected chi connectivity index (χ4v) is 1.41. The molecule has 3 N–H and O–H groups in total. The molecule has 14 heavy (non-hydrogen) atoms.